The summed E-state index contributed by atoms with van der Waals surface area (Å²) in [6, 6.07) is 11.4. The van der Waals surface area contributed by atoms with Crippen molar-refractivity contribution in [2.75, 3.05) is 13.7 Å². The van der Waals surface area contributed by atoms with Crippen LogP contribution >= 0.6 is 0 Å². The van der Waals surface area contributed by atoms with Crippen molar-refractivity contribution in [1.82, 2.24) is 9.88 Å². The number of hydrogen-bond donors (Lipinski definition) is 0. The van der Waals surface area contributed by atoms with E-state index in [1.54, 1.807) is 19.4 Å². The number of nitrogens with zero attached hydrogens (tertiary/aromatic N) is 2. The number of rotatable bonds is 2. The molecule has 3 rings (SSSR count). The molecule has 20 heavy (non-hydrogen) atoms. The second kappa shape index (κ2) is 5.33. The lowest BCUT2D eigenvalue weighted by molar-refractivity contribution is 0.0728. The third-order valence-corrected chi connectivity index (χ3v) is 3.60. The van der Waals surface area contributed by atoms with Gasteiger partial charge in [-0.05, 0) is 41.8 Å². The van der Waals surface area contributed by atoms with Crippen molar-refractivity contribution in [3.8, 4) is 5.75 Å². The van der Waals surface area contributed by atoms with Gasteiger partial charge in [0.15, 0.2) is 0 Å². The average Bonchev–Trinajstić information content (AvgIpc) is 2.54. The SMILES string of the molecule is COc1ccc2c(c1)CCN(C(=O)c1ccccn1)C2. The fraction of sp³-hybridized carbons (Fsp3) is 0.250. The maximum atomic E-state index is 12.4. The molecule has 0 N–H and O–H groups in total. The third-order valence-electron chi connectivity index (χ3n) is 3.60. The standard InChI is InChI=1S/C16H16N2O2/c1-20-14-6-5-13-11-18(9-7-12(13)10-14)16(19)15-4-2-3-8-17-15/h2-6,8,10H,7,9,11H2,1H3. The fourth-order valence-corrected chi connectivity index (χ4v) is 2.48. The van der Waals surface area contributed by atoms with Crippen molar-refractivity contribution in [2.24, 2.45) is 0 Å². The van der Waals surface area contributed by atoms with Gasteiger partial charge in [0, 0.05) is 19.3 Å². The van der Waals surface area contributed by atoms with Crippen molar-refractivity contribution >= 4 is 5.91 Å². The summed E-state index contributed by atoms with van der Waals surface area (Å²) in [6.07, 6.45) is 2.50. The van der Waals surface area contributed by atoms with Gasteiger partial charge in [0.25, 0.3) is 5.91 Å². The molecule has 0 unspecified atom stereocenters. The Morgan fingerprint density at radius 2 is 2.15 bits per heavy atom. The zero-order valence-electron chi connectivity index (χ0n) is 11.4. The summed E-state index contributed by atoms with van der Waals surface area (Å²) in [6.45, 7) is 1.35. The molecule has 0 bridgehead atoms. The molecule has 4 heteroatoms. The number of amides is 1. The van der Waals surface area contributed by atoms with Crippen LogP contribution < -0.4 is 4.74 Å². The van der Waals surface area contributed by atoms with Crippen LogP contribution in [0.4, 0.5) is 0 Å². The Morgan fingerprint density at radius 3 is 2.90 bits per heavy atom. The Morgan fingerprint density at radius 1 is 1.25 bits per heavy atom. The van der Waals surface area contributed by atoms with Gasteiger partial charge in [-0.1, -0.05) is 12.1 Å². The van der Waals surface area contributed by atoms with E-state index < -0.39 is 0 Å². The summed E-state index contributed by atoms with van der Waals surface area (Å²) >= 11 is 0. The molecular weight excluding hydrogens is 252 g/mol. The van der Waals surface area contributed by atoms with Crippen LogP contribution in [0.2, 0.25) is 0 Å². The van der Waals surface area contributed by atoms with Crippen molar-refractivity contribution < 1.29 is 9.53 Å². The molecule has 1 amide bonds. The van der Waals surface area contributed by atoms with Crippen molar-refractivity contribution in [3.05, 3.63) is 59.4 Å². The van der Waals surface area contributed by atoms with Crippen LogP contribution in [0.25, 0.3) is 0 Å². The van der Waals surface area contributed by atoms with E-state index in [-0.39, 0.29) is 5.91 Å². The minimum Gasteiger partial charge on any atom is -0.497 e. The first kappa shape index (κ1) is 12.7. The molecule has 1 aromatic heterocycles. The number of ether oxygens (including phenoxy) is 1. The number of hydrogen-bond acceptors (Lipinski definition) is 3. The Bertz CT molecular complexity index is 626. The highest BCUT2D eigenvalue weighted by Crippen LogP contribution is 2.24. The Hall–Kier alpha value is -2.36. The number of carbonyl (C=O) groups excluding carboxylic acids is 1. The molecule has 0 saturated heterocycles. The lowest BCUT2D eigenvalue weighted by atomic mass is 9.99. The van der Waals surface area contributed by atoms with E-state index in [2.05, 4.69) is 11.1 Å². The van der Waals surface area contributed by atoms with E-state index in [4.69, 9.17) is 4.74 Å². The molecule has 2 heterocycles. The molecular formula is C16H16N2O2. The van der Waals surface area contributed by atoms with E-state index in [1.165, 1.54) is 11.1 Å². The van der Waals surface area contributed by atoms with E-state index >= 15 is 0 Å². The fourth-order valence-electron chi connectivity index (χ4n) is 2.48. The predicted molar refractivity (Wildman–Crippen MR) is 75.7 cm³/mol. The zero-order chi connectivity index (χ0) is 13.9. The first-order chi connectivity index (χ1) is 9.78. The van der Waals surface area contributed by atoms with Crippen LogP contribution in [0.1, 0.15) is 21.6 Å². The number of carbonyl (C=O) groups is 1. The summed E-state index contributed by atoms with van der Waals surface area (Å²) in [5.74, 6) is 0.861. The number of aromatic nitrogens is 1. The Kier molecular flexibility index (Phi) is 3.37. The second-order valence-corrected chi connectivity index (χ2v) is 4.83. The van der Waals surface area contributed by atoms with Gasteiger partial charge in [-0.25, -0.2) is 0 Å². The third kappa shape index (κ3) is 2.37. The van der Waals surface area contributed by atoms with Crippen LogP contribution in [0.15, 0.2) is 42.6 Å². The summed E-state index contributed by atoms with van der Waals surface area (Å²) in [7, 11) is 1.67. The van der Waals surface area contributed by atoms with E-state index in [0.29, 0.717) is 12.2 Å². The van der Waals surface area contributed by atoms with Crippen LogP contribution in [0, 0.1) is 0 Å². The van der Waals surface area contributed by atoms with Crippen molar-refractivity contribution in [3.63, 3.8) is 0 Å². The maximum Gasteiger partial charge on any atom is 0.272 e. The summed E-state index contributed by atoms with van der Waals surface area (Å²) < 4.78 is 5.23. The molecule has 0 saturated carbocycles. The van der Waals surface area contributed by atoms with Gasteiger partial charge in [0.1, 0.15) is 11.4 Å². The van der Waals surface area contributed by atoms with Crippen LogP contribution in [0.5, 0.6) is 5.75 Å². The highest BCUT2D eigenvalue weighted by molar-refractivity contribution is 5.92. The van der Waals surface area contributed by atoms with Crippen LogP contribution in [-0.2, 0) is 13.0 Å². The molecule has 0 fully saturated rings. The van der Waals surface area contributed by atoms with Gasteiger partial charge in [0.2, 0.25) is 0 Å². The molecule has 1 aliphatic rings. The summed E-state index contributed by atoms with van der Waals surface area (Å²) in [4.78, 5) is 18.3. The molecule has 2 aromatic rings. The molecule has 0 spiro atoms. The zero-order valence-corrected chi connectivity index (χ0v) is 11.4. The normalized spacial score (nSPS) is 13.8. The Labute approximate surface area is 118 Å². The smallest absolute Gasteiger partial charge is 0.272 e. The molecule has 1 aromatic carbocycles. The highest BCUT2D eigenvalue weighted by atomic mass is 16.5. The van der Waals surface area contributed by atoms with Gasteiger partial charge in [0.05, 0.1) is 7.11 Å². The molecule has 1 aliphatic heterocycles. The van der Waals surface area contributed by atoms with Crippen molar-refractivity contribution in [2.45, 2.75) is 13.0 Å². The minimum atomic E-state index is -0.00734. The topological polar surface area (TPSA) is 42.4 Å². The molecule has 102 valence electrons. The minimum absolute atomic E-state index is 0.00734. The van der Waals surface area contributed by atoms with Gasteiger partial charge >= 0.3 is 0 Å². The van der Waals surface area contributed by atoms with Gasteiger partial charge < -0.3 is 9.64 Å². The monoisotopic (exact) mass is 268 g/mol. The molecule has 0 atom stereocenters. The number of methoxy groups -OCH3 is 1. The average molecular weight is 268 g/mol. The largest absolute Gasteiger partial charge is 0.497 e. The number of benzene rings is 1. The van der Waals surface area contributed by atoms with Gasteiger partial charge in [-0.2, -0.15) is 0 Å². The lowest BCUT2D eigenvalue weighted by Crippen LogP contribution is -2.36. The van der Waals surface area contributed by atoms with Gasteiger partial charge in [-0.15, -0.1) is 0 Å². The van der Waals surface area contributed by atoms with E-state index in [9.17, 15) is 4.79 Å². The van der Waals surface area contributed by atoms with Crippen LogP contribution in [0.3, 0.4) is 0 Å². The number of fused-ring (bicyclic) bond motifs is 1. The molecule has 0 aliphatic carbocycles. The van der Waals surface area contributed by atoms with Crippen LogP contribution in [-0.4, -0.2) is 29.4 Å². The lowest BCUT2D eigenvalue weighted by Gasteiger charge is -2.28. The van der Waals surface area contributed by atoms with E-state index in [1.807, 2.05) is 29.2 Å². The predicted octanol–water partition coefficient (Wildman–Crippen LogP) is 2.29. The summed E-state index contributed by atoms with van der Waals surface area (Å²) in [5.41, 5.74) is 2.94. The van der Waals surface area contributed by atoms with Crippen molar-refractivity contribution in [1.29, 1.82) is 0 Å². The molecule has 4 nitrogen and oxygen atoms in total. The second-order valence-electron chi connectivity index (χ2n) is 4.83. The summed E-state index contributed by atoms with van der Waals surface area (Å²) in [5, 5.41) is 0. The number of pyridine rings is 1. The van der Waals surface area contributed by atoms with E-state index in [0.717, 1.165) is 18.7 Å². The molecule has 0 radical (unpaired) electrons. The maximum absolute atomic E-state index is 12.4. The first-order valence-electron chi connectivity index (χ1n) is 6.64. The highest BCUT2D eigenvalue weighted by Gasteiger charge is 2.22. The first-order valence-corrected chi connectivity index (χ1v) is 6.64. The quantitative estimate of drug-likeness (QED) is 0.839. The van der Waals surface area contributed by atoms with Gasteiger partial charge in [-0.3, -0.25) is 9.78 Å². The Balaban J connectivity index is 1.80.